The van der Waals surface area contributed by atoms with Crippen molar-refractivity contribution in [2.45, 2.75) is 32.2 Å². The van der Waals surface area contributed by atoms with Gasteiger partial charge in [-0.25, -0.2) is 0 Å². The maximum absolute atomic E-state index is 7.69. The monoisotopic (exact) mass is 316 g/mol. The number of rotatable bonds is 5. The minimum atomic E-state index is -0.00697. The standard InChI is InChI=1S/C22H24N2/c1-17(2)21-15-19(14-18-8-4-3-5-9-18)11-12-22(21)24-13-7-6-10-20(24)16-23/h3-13,15-17,20,23H,14H2,1-2H3. The normalized spacial score (nSPS) is 16.6. The smallest absolute Gasteiger partial charge is 0.0867 e. The Labute approximate surface area is 144 Å². The highest BCUT2D eigenvalue weighted by atomic mass is 15.1. The van der Waals surface area contributed by atoms with Crippen molar-refractivity contribution < 1.29 is 0 Å². The molecule has 1 N–H and O–H groups in total. The predicted molar refractivity (Wildman–Crippen MR) is 103 cm³/mol. The molecular formula is C22H24N2. The summed E-state index contributed by atoms with van der Waals surface area (Å²) in [5, 5.41) is 7.69. The van der Waals surface area contributed by atoms with Gasteiger partial charge in [0.25, 0.3) is 0 Å². The van der Waals surface area contributed by atoms with Crippen molar-refractivity contribution >= 4 is 11.9 Å². The van der Waals surface area contributed by atoms with Crippen LogP contribution in [-0.2, 0) is 6.42 Å². The second-order valence-electron chi connectivity index (χ2n) is 6.50. The molecule has 3 rings (SSSR count). The maximum Gasteiger partial charge on any atom is 0.0867 e. The van der Waals surface area contributed by atoms with Gasteiger partial charge in [-0.1, -0.05) is 68.5 Å². The van der Waals surface area contributed by atoms with E-state index in [9.17, 15) is 0 Å². The molecule has 0 bridgehead atoms. The summed E-state index contributed by atoms with van der Waals surface area (Å²) < 4.78 is 0. The molecule has 0 aliphatic carbocycles. The third kappa shape index (κ3) is 3.48. The molecule has 1 aliphatic heterocycles. The van der Waals surface area contributed by atoms with E-state index in [0.717, 1.165) is 6.42 Å². The van der Waals surface area contributed by atoms with E-state index in [1.54, 1.807) is 0 Å². The number of allylic oxidation sites excluding steroid dienone is 2. The summed E-state index contributed by atoms with van der Waals surface area (Å²) in [5.74, 6) is 0.432. The van der Waals surface area contributed by atoms with E-state index < -0.39 is 0 Å². The summed E-state index contributed by atoms with van der Waals surface area (Å²) in [4.78, 5) is 2.18. The molecule has 0 fully saturated rings. The largest absolute Gasteiger partial charge is 0.336 e. The Hall–Kier alpha value is -2.61. The summed E-state index contributed by atoms with van der Waals surface area (Å²) >= 11 is 0. The first-order valence-electron chi connectivity index (χ1n) is 8.49. The number of hydrogen-bond donors (Lipinski definition) is 1. The Balaban J connectivity index is 1.94. The first kappa shape index (κ1) is 16.3. The van der Waals surface area contributed by atoms with Crippen molar-refractivity contribution in [1.82, 2.24) is 0 Å². The molecule has 2 aromatic carbocycles. The van der Waals surface area contributed by atoms with E-state index in [2.05, 4.69) is 79.6 Å². The zero-order valence-electron chi connectivity index (χ0n) is 14.3. The zero-order valence-corrected chi connectivity index (χ0v) is 14.3. The lowest BCUT2D eigenvalue weighted by Crippen LogP contribution is -2.32. The highest BCUT2D eigenvalue weighted by Crippen LogP contribution is 2.31. The predicted octanol–water partition coefficient (Wildman–Crippen LogP) is 5.31. The van der Waals surface area contributed by atoms with Crippen molar-refractivity contribution in [3.63, 3.8) is 0 Å². The van der Waals surface area contributed by atoms with Gasteiger partial charge < -0.3 is 10.3 Å². The van der Waals surface area contributed by atoms with E-state index in [4.69, 9.17) is 5.41 Å². The Morgan fingerprint density at radius 1 is 1.04 bits per heavy atom. The molecular weight excluding hydrogens is 292 g/mol. The molecule has 1 aliphatic rings. The van der Waals surface area contributed by atoms with Crippen molar-refractivity contribution in [2.75, 3.05) is 4.90 Å². The minimum Gasteiger partial charge on any atom is -0.336 e. The Morgan fingerprint density at radius 2 is 1.83 bits per heavy atom. The van der Waals surface area contributed by atoms with Crippen LogP contribution in [0, 0.1) is 5.41 Å². The van der Waals surface area contributed by atoms with Gasteiger partial charge in [0.1, 0.15) is 0 Å². The van der Waals surface area contributed by atoms with Crippen LogP contribution in [0.4, 0.5) is 5.69 Å². The van der Waals surface area contributed by atoms with Crippen LogP contribution in [0.5, 0.6) is 0 Å². The van der Waals surface area contributed by atoms with Crippen LogP contribution in [0.2, 0.25) is 0 Å². The second kappa shape index (κ2) is 7.31. The van der Waals surface area contributed by atoms with Gasteiger partial charge in [-0.2, -0.15) is 0 Å². The van der Waals surface area contributed by atoms with Gasteiger partial charge in [-0.15, -0.1) is 0 Å². The van der Waals surface area contributed by atoms with Crippen LogP contribution in [0.3, 0.4) is 0 Å². The van der Waals surface area contributed by atoms with Crippen LogP contribution >= 0.6 is 0 Å². The van der Waals surface area contributed by atoms with Gasteiger partial charge >= 0.3 is 0 Å². The summed E-state index contributed by atoms with van der Waals surface area (Å²) in [7, 11) is 0. The number of benzene rings is 2. The average Bonchev–Trinajstić information content (AvgIpc) is 2.62. The Morgan fingerprint density at radius 3 is 2.54 bits per heavy atom. The molecule has 0 spiro atoms. The van der Waals surface area contributed by atoms with Gasteiger partial charge in [-0.3, -0.25) is 0 Å². The van der Waals surface area contributed by atoms with Crippen LogP contribution in [-0.4, -0.2) is 12.3 Å². The summed E-state index contributed by atoms with van der Waals surface area (Å²) in [6.07, 6.45) is 10.6. The fourth-order valence-corrected chi connectivity index (χ4v) is 3.13. The molecule has 24 heavy (non-hydrogen) atoms. The number of nitrogens with one attached hydrogen (secondary N) is 1. The molecule has 1 atom stereocenters. The number of nitrogens with zero attached hydrogens (tertiary/aromatic N) is 1. The van der Waals surface area contributed by atoms with E-state index >= 15 is 0 Å². The third-order valence-corrected chi connectivity index (χ3v) is 4.40. The van der Waals surface area contributed by atoms with E-state index in [1.807, 2.05) is 12.2 Å². The Bertz CT molecular complexity index is 757. The molecule has 2 heteroatoms. The molecule has 0 saturated heterocycles. The third-order valence-electron chi connectivity index (χ3n) is 4.40. The lowest BCUT2D eigenvalue weighted by Gasteiger charge is -2.31. The molecule has 122 valence electrons. The van der Waals surface area contributed by atoms with Crippen molar-refractivity contribution in [1.29, 1.82) is 5.41 Å². The number of hydrogen-bond acceptors (Lipinski definition) is 2. The van der Waals surface area contributed by atoms with Crippen molar-refractivity contribution in [2.24, 2.45) is 0 Å². The quantitative estimate of drug-likeness (QED) is 0.744. The summed E-state index contributed by atoms with van der Waals surface area (Å²) in [5.41, 5.74) is 5.18. The highest BCUT2D eigenvalue weighted by molar-refractivity contribution is 5.75. The SMILES string of the molecule is CC(C)c1cc(Cc2ccccc2)ccc1N1C=CC=CC1C=N. The van der Waals surface area contributed by atoms with Crippen molar-refractivity contribution in [3.8, 4) is 0 Å². The topological polar surface area (TPSA) is 27.1 Å². The fourth-order valence-electron chi connectivity index (χ4n) is 3.13. The fraction of sp³-hybridized carbons (Fsp3) is 0.227. The molecule has 0 amide bonds. The van der Waals surface area contributed by atoms with Crippen LogP contribution in [0.25, 0.3) is 0 Å². The van der Waals surface area contributed by atoms with Gasteiger partial charge in [0.15, 0.2) is 0 Å². The molecule has 1 heterocycles. The molecule has 2 nitrogen and oxygen atoms in total. The summed E-state index contributed by atoms with van der Waals surface area (Å²) in [6, 6.07) is 17.3. The lowest BCUT2D eigenvalue weighted by atomic mass is 9.94. The van der Waals surface area contributed by atoms with Crippen LogP contribution in [0.1, 0.15) is 36.5 Å². The highest BCUT2D eigenvalue weighted by Gasteiger charge is 2.18. The van der Waals surface area contributed by atoms with Gasteiger partial charge in [0.2, 0.25) is 0 Å². The van der Waals surface area contributed by atoms with E-state index in [0.29, 0.717) is 5.92 Å². The molecule has 1 unspecified atom stereocenters. The van der Waals surface area contributed by atoms with Crippen LogP contribution < -0.4 is 4.90 Å². The van der Waals surface area contributed by atoms with Gasteiger partial charge in [-0.05, 0) is 41.2 Å². The zero-order chi connectivity index (χ0) is 16.9. The molecule has 0 saturated carbocycles. The second-order valence-corrected chi connectivity index (χ2v) is 6.50. The number of anilines is 1. The molecule has 2 aromatic rings. The van der Waals surface area contributed by atoms with Crippen LogP contribution in [0.15, 0.2) is 73.0 Å². The molecule has 0 aromatic heterocycles. The minimum absolute atomic E-state index is 0.00697. The first-order valence-corrected chi connectivity index (χ1v) is 8.49. The lowest BCUT2D eigenvalue weighted by molar-refractivity contribution is 0.845. The van der Waals surface area contributed by atoms with E-state index in [-0.39, 0.29) is 6.04 Å². The maximum atomic E-state index is 7.69. The first-order chi connectivity index (χ1) is 11.7. The molecule has 0 radical (unpaired) electrons. The van der Waals surface area contributed by atoms with Gasteiger partial charge in [0, 0.05) is 18.1 Å². The van der Waals surface area contributed by atoms with Crippen molar-refractivity contribution in [3.05, 3.63) is 89.6 Å². The summed E-state index contributed by atoms with van der Waals surface area (Å²) in [6.45, 7) is 4.46. The van der Waals surface area contributed by atoms with Gasteiger partial charge in [0.05, 0.1) is 6.04 Å². The average molecular weight is 316 g/mol. The van der Waals surface area contributed by atoms with E-state index in [1.165, 1.54) is 28.6 Å². The Kier molecular flexibility index (Phi) is 4.95.